The second-order valence-corrected chi connectivity index (χ2v) is 8.54. The van der Waals surface area contributed by atoms with Crippen LogP contribution in [0, 0.1) is 17.7 Å². The molecule has 2 fully saturated rings. The number of hydrogen-bond donors (Lipinski definition) is 1. The number of likely N-dealkylation sites (tertiary alicyclic amines) is 1. The standard InChI is InChI=1S/C22H21ClFN3O2/c23-15-5-6-16(17(24)9-15)22(29)26-10-13-7-20(21(28)8-14(13)11-26)27-12-25-18-3-1-2-4-19(18)27/h1-6,9,12-14,20-21,28H,7-8,10-11H2/t13-,14+,20-,21-/m1/s1. The molecule has 1 aromatic heterocycles. The first kappa shape index (κ1) is 18.6. The maximum absolute atomic E-state index is 14.2. The van der Waals surface area contributed by atoms with Crippen molar-refractivity contribution >= 4 is 28.5 Å². The number of halogens is 2. The zero-order valence-corrected chi connectivity index (χ0v) is 16.5. The number of aliphatic hydroxyl groups excluding tert-OH is 1. The number of carbonyl (C=O) groups excluding carboxylic acids is 1. The van der Waals surface area contributed by atoms with Gasteiger partial charge in [-0.05, 0) is 55.0 Å². The fraction of sp³-hybridized carbons (Fsp3) is 0.364. The first-order valence-corrected chi connectivity index (χ1v) is 10.2. The Labute approximate surface area is 172 Å². The van der Waals surface area contributed by atoms with Crippen molar-refractivity contribution in [3.8, 4) is 0 Å². The topological polar surface area (TPSA) is 58.4 Å². The van der Waals surface area contributed by atoms with Crippen molar-refractivity contribution in [2.24, 2.45) is 11.8 Å². The molecule has 1 saturated heterocycles. The van der Waals surface area contributed by atoms with Gasteiger partial charge in [-0.15, -0.1) is 0 Å². The van der Waals surface area contributed by atoms with E-state index in [9.17, 15) is 14.3 Å². The minimum Gasteiger partial charge on any atom is -0.391 e. The van der Waals surface area contributed by atoms with Gasteiger partial charge < -0.3 is 14.6 Å². The molecule has 3 aromatic rings. The quantitative estimate of drug-likeness (QED) is 0.693. The Morgan fingerprint density at radius 2 is 1.90 bits per heavy atom. The lowest BCUT2D eigenvalue weighted by atomic mass is 9.77. The summed E-state index contributed by atoms with van der Waals surface area (Å²) in [5.41, 5.74) is 1.96. The van der Waals surface area contributed by atoms with Crippen LogP contribution in [0.5, 0.6) is 0 Å². The van der Waals surface area contributed by atoms with E-state index < -0.39 is 11.9 Å². The van der Waals surface area contributed by atoms with E-state index in [1.807, 2.05) is 24.3 Å². The normalized spacial score (nSPS) is 26.7. The van der Waals surface area contributed by atoms with Crippen LogP contribution in [-0.2, 0) is 0 Å². The molecule has 1 saturated carbocycles. The maximum atomic E-state index is 14.2. The minimum absolute atomic E-state index is 0.0470. The number of fused-ring (bicyclic) bond motifs is 2. The molecule has 1 amide bonds. The SMILES string of the molecule is O=C(c1ccc(Cl)cc1F)N1C[C@H]2C[C@@H](n3cnc4ccccc43)[C@H](O)C[C@H]2C1. The highest BCUT2D eigenvalue weighted by atomic mass is 35.5. The third kappa shape index (κ3) is 3.20. The molecule has 2 aliphatic rings. The summed E-state index contributed by atoms with van der Waals surface area (Å²) in [5, 5.41) is 11.1. The highest BCUT2D eigenvalue weighted by molar-refractivity contribution is 6.30. The van der Waals surface area contributed by atoms with Gasteiger partial charge in [0.25, 0.3) is 5.91 Å². The third-order valence-corrected chi connectivity index (χ3v) is 6.63. The smallest absolute Gasteiger partial charge is 0.256 e. The second kappa shape index (κ2) is 7.11. The van der Waals surface area contributed by atoms with Crippen LogP contribution in [0.25, 0.3) is 11.0 Å². The molecule has 7 heteroatoms. The van der Waals surface area contributed by atoms with Crippen molar-refractivity contribution in [3.05, 3.63) is 65.2 Å². The van der Waals surface area contributed by atoms with E-state index in [4.69, 9.17) is 11.6 Å². The molecule has 2 heterocycles. The lowest BCUT2D eigenvalue weighted by Gasteiger charge is -2.36. The molecule has 1 aliphatic heterocycles. The molecule has 4 atom stereocenters. The number of amides is 1. The van der Waals surface area contributed by atoms with E-state index in [1.165, 1.54) is 18.2 Å². The van der Waals surface area contributed by atoms with Crippen molar-refractivity contribution in [2.75, 3.05) is 13.1 Å². The average molecular weight is 414 g/mol. The summed E-state index contributed by atoms with van der Waals surface area (Å²) in [7, 11) is 0. The number of carbonyl (C=O) groups is 1. The van der Waals surface area contributed by atoms with Gasteiger partial charge in [-0.1, -0.05) is 23.7 Å². The van der Waals surface area contributed by atoms with Crippen LogP contribution in [0.15, 0.2) is 48.8 Å². The van der Waals surface area contributed by atoms with Crippen LogP contribution in [0.3, 0.4) is 0 Å². The Kier molecular flexibility index (Phi) is 4.56. The van der Waals surface area contributed by atoms with Crippen LogP contribution in [-0.4, -0.2) is 44.7 Å². The van der Waals surface area contributed by atoms with Crippen molar-refractivity contribution < 1.29 is 14.3 Å². The number of hydrogen-bond acceptors (Lipinski definition) is 3. The zero-order valence-electron chi connectivity index (χ0n) is 15.7. The van der Waals surface area contributed by atoms with Gasteiger partial charge in [-0.3, -0.25) is 4.79 Å². The van der Waals surface area contributed by atoms with Crippen LogP contribution in [0.1, 0.15) is 29.2 Å². The molecule has 29 heavy (non-hydrogen) atoms. The monoisotopic (exact) mass is 413 g/mol. The Morgan fingerprint density at radius 1 is 1.14 bits per heavy atom. The van der Waals surface area contributed by atoms with Crippen LogP contribution < -0.4 is 0 Å². The molecule has 0 unspecified atom stereocenters. The number of nitrogens with zero attached hydrogens (tertiary/aromatic N) is 3. The van der Waals surface area contributed by atoms with Gasteiger partial charge in [0.15, 0.2) is 0 Å². The van der Waals surface area contributed by atoms with Gasteiger partial charge in [-0.25, -0.2) is 9.37 Å². The molecule has 0 radical (unpaired) electrons. The summed E-state index contributed by atoms with van der Waals surface area (Å²) in [6.45, 7) is 1.11. The van der Waals surface area contributed by atoms with Crippen molar-refractivity contribution in [3.63, 3.8) is 0 Å². The lowest BCUT2D eigenvalue weighted by Crippen LogP contribution is -2.36. The number of imidazole rings is 1. The highest BCUT2D eigenvalue weighted by Crippen LogP contribution is 2.42. The molecule has 0 bridgehead atoms. The first-order valence-electron chi connectivity index (χ1n) is 9.85. The predicted molar refractivity (Wildman–Crippen MR) is 108 cm³/mol. The van der Waals surface area contributed by atoms with Crippen LogP contribution in [0.4, 0.5) is 4.39 Å². The van der Waals surface area contributed by atoms with E-state index in [1.54, 1.807) is 11.2 Å². The van der Waals surface area contributed by atoms with Crippen molar-refractivity contribution in [2.45, 2.75) is 25.0 Å². The summed E-state index contributed by atoms with van der Waals surface area (Å²) >= 11 is 5.80. The molecule has 5 rings (SSSR count). The van der Waals surface area contributed by atoms with Gasteiger partial charge in [0, 0.05) is 18.1 Å². The number of para-hydroxylation sites is 2. The molecule has 0 spiro atoms. The van der Waals surface area contributed by atoms with Gasteiger partial charge in [0.1, 0.15) is 5.82 Å². The Morgan fingerprint density at radius 3 is 2.69 bits per heavy atom. The van der Waals surface area contributed by atoms with Crippen LogP contribution >= 0.6 is 11.6 Å². The highest BCUT2D eigenvalue weighted by Gasteiger charge is 2.44. The second-order valence-electron chi connectivity index (χ2n) is 8.10. The molecule has 150 valence electrons. The molecule has 1 aliphatic carbocycles. The first-order chi connectivity index (χ1) is 14.0. The molecular formula is C22H21ClFN3O2. The lowest BCUT2D eigenvalue weighted by molar-refractivity contribution is 0.0374. The number of rotatable bonds is 2. The minimum atomic E-state index is -0.597. The van der Waals surface area contributed by atoms with E-state index in [0.29, 0.717) is 19.5 Å². The summed E-state index contributed by atoms with van der Waals surface area (Å²) in [4.78, 5) is 19.0. The fourth-order valence-electron chi connectivity index (χ4n) is 4.95. The van der Waals surface area contributed by atoms with Gasteiger partial charge in [0.2, 0.25) is 0 Å². The summed E-state index contributed by atoms with van der Waals surface area (Å²) in [6.07, 6.45) is 2.67. The number of aromatic nitrogens is 2. The molecular weight excluding hydrogens is 393 g/mol. The van der Waals surface area contributed by atoms with Gasteiger partial charge in [0.05, 0.1) is 35.1 Å². The van der Waals surface area contributed by atoms with Gasteiger partial charge in [-0.2, -0.15) is 0 Å². The summed E-state index contributed by atoms with van der Waals surface area (Å²) in [5.74, 6) is -0.424. The van der Waals surface area contributed by atoms with Crippen LogP contribution in [0.2, 0.25) is 5.02 Å². The van der Waals surface area contributed by atoms with E-state index in [2.05, 4.69) is 9.55 Å². The molecule has 1 N–H and O–H groups in total. The Bertz CT molecular complexity index is 1080. The predicted octanol–water partition coefficient (Wildman–Crippen LogP) is 3.91. The number of aliphatic hydroxyl groups is 1. The summed E-state index contributed by atoms with van der Waals surface area (Å²) in [6, 6.07) is 11.9. The third-order valence-electron chi connectivity index (χ3n) is 6.40. The fourth-order valence-corrected chi connectivity index (χ4v) is 5.11. The molecule has 5 nitrogen and oxygen atoms in total. The maximum Gasteiger partial charge on any atom is 0.256 e. The van der Waals surface area contributed by atoms with E-state index >= 15 is 0 Å². The average Bonchev–Trinajstić information content (AvgIpc) is 3.30. The Hall–Kier alpha value is -2.44. The number of benzene rings is 2. The zero-order chi connectivity index (χ0) is 20.1. The largest absolute Gasteiger partial charge is 0.391 e. The molecule has 2 aromatic carbocycles. The van der Waals surface area contributed by atoms with Gasteiger partial charge >= 0.3 is 0 Å². The Balaban J connectivity index is 1.36. The van der Waals surface area contributed by atoms with Crippen molar-refractivity contribution in [1.82, 2.24) is 14.5 Å². The van der Waals surface area contributed by atoms with E-state index in [-0.39, 0.29) is 34.4 Å². The van der Waals surface area contributed by atoms with E-state index in [0.717, 1.165) is 17.5 Å². The summed E-state index contributed by atoms with van der Waals surface area (Å²) < 4.78 is 16.3. The van der Waals surface area contributed by atoms with Crippen molar-refractivity contribution in [1.29, 1.82) is 0 Å².